The molecule has 0 saturated carbocycles. The fourth-order valence-corrected chi connectivity index (χ4v) is 3.60. The number of nitrogens with two attached hydrogens (primary N) is 1. The fourth-order valence-electron chi connectivity index (χ4n) is 3.60. The van der Waals surface area contributed by atoms with Crippen molar-refractivity contribution in [2.24, 2.45) is 11.7 Å². The molecule has 19 heavy (non-hydrogen) atoms. The lowest BCUT2D eigenvalue weighted by atomic mass is 9.85. The van der Waals surface area contributed by atoms with E-state index in [1.54, 1.807) is 11.1 Å². The van der Waals surface area contributed by atoms with Crippen molar-refractivity contribution in [3.63, 3.8) is 0 Å². The Kier molecular flexibility index (Phi) is 4.19. The van der Waals surface area contributed by atoms with Gasteiger partial charge in [0.05, 0.1) is 0 Å². The third-order valence-electron chi connectivity index (χ3n) is 4.85. The van der Waals surface area contributed by atoms with Gasteiger partial charge < -0.3 is 11.1 Å². The summed E-state index contributed by atoms with van der Waals surface area (Å²) in [4.78, 5) is 0. The Labute approximate surface area is 116 Å². The Hall–Kier alpha value is -0.860. The molecule has 104 valence electrons. The zero-order valence-corrected chi connectivity index (χ0v) is 11.8. The van der Waals surface area contributed by atoms with E-state index < -0.39 is 0 Å². The molecule has 3 N–H and O–H groups in total. The summed E-state index contributed by atoms with van der Waals surface area (Å²) in [6, 6.07) is 7.22. The first-order chi connectivity index (χ1) is 9.33. The zero-order valence-electron chi connectivity index (χ0n) is 11.8. The summed E-state index contributed by atoms with van der Waals surface area (Å²) < 4.78 is 0. The highest BCUT2D eigenvalue weighted by atomic mass is 14.9. The number of hydrogen-bond acceptors (Lipinski definition) is 2. The monoisotopic (exact) mass is 258 g/mol. The van der Waals surface area contributed by atoms with Crippen LogP contribution in [0.3, 0.4) is 0 Å². The van der Waals surface area contributed by atoms with E-state index in [2.05, 4.69) is 23.5 Å². The largest absolute Gasteiger partial charge is 0.324 e. The Morgan fingerprint density at radius 1 is 1.11 bits per heavy atom. The van der Waals surface area contributed by atoms with E-state index >= 15 is 0 Å². The molecule has 1 unspecified atom stereocenters. The minimum Gasteiger partial charge on any atom is -0.324 e. The Morgan fingerprint density at radius 2 is 1.84 bits per heavy atom. The van der Waals surface area contributed by atoms with Gasteiger partial charge in [-0.2, -0.15) is 0 Å². The van der Waals surface area contributed by atoms with Gasteiger partial charge in [0.25, 0.3) is 0 Å². The van der Waals surface area contributed by atoms with Crippen LogP contribution >= 0.6 is 0 Å². The first-order valence-corrected chi connectivity index (χ1v) is 7.91. The molecule has 1 atom stereocenters. The van der Waals surface area contributed by atoms with Crippen LogP contribution < -0.4 is 11.1 Å². The van der Waals surface area contributed by atoms with Crippen molar-refractivity contribution in [2.45, 2.75) is 51.0 Å². The van der Waals surface area contributed by atoms with Crippen LogP contribution in [0, 0.1) is 5.92 Å². The third kappa shape index (κ3) is 3.18. The van der Waals surface area contributed by atoms with Gasteiger partial charge in [-0.1, -0.05) is 18.2 Å². The highest BCUT2D eigenvalue weighted by Gasteiger charge is 2.18. The topological polar surface area (TPSA) is 38.0 Å². The summed E-state index contributed by atoms with van der Waals surface area (Å²) >= 11 is 0. The predicted molar refractivity (Wildman–Crippen MR) is 80.2 cm³/mol. The third-order valence-corrected chi connectivity index (χ3v) is 4.85. The molecule has 1 aliphatic carbocycles. The van der Waals surface area contributed by atoms with Crippen LogP contribution in [-0.2, 0) is 12.8 Å². The van der Waals surface area contributed by atoms with E-state index in [-0.39, 0.29) is 6.04 Å². The van der Waals surface area contributed by atoms with Gasteiger partial charge in [0.2, 0.25) is 0 Å². The molecule has 2 heteroatoms. The molecule has 1 aromatic carbocycles. The summed E-state index contributed by atoms with van der Waals surface area (Å²) in [5, 5.41) is 3.43. The Bertz CT molecular complexity index is 421. The number of rotatable bonds is 3. The van der Waals surface area contributed by atoms with Crippen LogP contribution in [0.2, 0.25) is 0 Å². The predicted octanol–water partition coefficient (Wildman–Crippen LogP) is 2.95. The molecule has 2 nitrogen and oxygen atoms in total. The molecular weight excluding hydrogens is 232 g/mol. The SMILES string of the molecule is NC(CC1CCNCC1)c1ccc2c(c1)CCCC2. The molecule has 1 heterocycles. The van der Waals surface area contributed by atoms with E-state index in [0.717, 1.165) is 12.3 Å². The van der Waals surface area contributed by atoms with Crippen molar-refractivity contribution in [3.8, 4) is 0 Å². The summed E-state index contributed by atoms with van der Waals surface area (Å²) in [7, 11) is 0. The van der Waals surface area contributed by atoms with Crippen molar-refractivity contribution in [1.29, 1.82) is 0 Å². The molecular formula is C17H26N2. The number of aryl methyl sites for hydroxylation is 2. The summed E-state index contributed by atoms with van der Waals surface area (Å²) in [5.74, 6) is 0.812. The second-order valence-corrected chi connectivity index (χ2v) is 6.27. The molecule has 0 radical (unpaired) electrons. The Morgan fingerprint density at radius 3 is 2.63 bits per heavy atom. The highest BCUT2D eigenvalue weighted by Crippen LogP contribution is 2.28. The standard InChI is InChI=1S/C17H26N2/c18-17(11-13-7-9-19-10-8-13)16-6-5-14-3-1-2-4-15(14)12-16/h5-6,12-13,17,19H,1-4,7-11,18H2. The number of fused-ring (bicyclic) bond motifs is 1. The van der Waals surface area contributed by atoms with Crippen LogP contribution in [0.1, 0.15) is 54.8 Å². The van der Waals surface area contributed by atoms with Gasteiger partial charge in [0.1, 0.15) is 0 Å². The minimum absolute atomic E-state index is 0.232. The lowest BCUT2D eigenvalue weighted by Crippen LogP contribution is -2.29. The lowest BCUT2D eigenvalue weighted by molar-refractivity contribution is 0.333. The number of nitrogens with one attached hydrogen (secondary N) is 1. The van der Waals surface area contributed by atoms with Crippen molar-refractivity contribution >= 4 is 0 Å². The Balaban J connectivity index is 1.67. The van der Waals surface area contributed by atoms with Crippen molar-refractivity contribution < 1.29 is 0 Å². The molecule has 1 saturated heterocycles. The van der Waals surface area contributed by atoms with Crippen molar-refractivity contribution in [2.75, 3.05) is 13.1 Å². The number of piperidine rings is 1. The summed E-state index contributed by atoms with van der Waals surface area (Å²) in [6.07, 6.45) is 8.95. The molecule has 2 aliphatic rings. The molecule has 0 spiro atoms. The highest BCUT2D eigenvalue weighted by molar-refractivity contribution is 5.35. The first kappa shape index (κ1) is 13.1. The number of hydrogen-bond donors (Lipinski definition) is 2. The van der Waals surface area contributed by atoms with Crippen LogP contribution in [0.15, 0.2) is 18.2 Å². The van der Waals surface area contributed by atoms with Gasteiger partial charge in [-0.3, -0.25) is 0 Å². The maximum atomic E-state index is 6.44. The molecule has 1 aromatic rings. The van der Waals surface area contributed by atoms with E-state index in [4.69, 9.17) is 5.73 Å². The van der Waals surface area contributed by atoms with Gasteiger partial charge in [0.15, 0.2) is 0 Å². The average molecular weight is 258 g/mol. The average Bonchev–Trinajstić information content (AvgIpc) is 2.48. The molecule has 0 aromatic heterocycles. The summed E-state index contributed by atoms with van der Waals surface area (Å²) in [5.41, 5.74) is 10.9. The van der Waals surface area contributed by atoms with E-state index in [0.29, 0.717) is 0 Å². The molecule has 3 rings (SSSR count). The minimum atomic E-state index is 0.232. The van der Waals surface area contributed by atoms with Crippen molar-refractivity contribution in [3.05, 3.63) is 34.9 Å². The normalized spacial score (nSPS) is 21.9. The molecule has 0 bridgehead atoms. The van der Waals surface area contributed by atoms with E-state index in [1.165, 1.54) is 57.2 Å². The van der Waals surface area contributed by atoms with Gasteiger partial charge in [-0.15, -0.1) is 0 Å². The maximum Gasteiger partial charge on any atom is 0.0297 e. The van der Waals surface area contributed by atoms with E-state index in [9.17, 15) is 0 Å². The van der Waals surface area contributed by atoms with Crippen LogP contribution in [0.4, 0.5) is 0 Å². The second kappa shape index (κ2) is 6.06. The maximum absolute atomic E-state index is 6.44. The number of benzene rings is 1. The van der Waals surface area contributed by atoms with Gasteiger partial charge in [-0.05, 0) is 80.6 Å². The van der Waals surface area contributed by atoms with Gasteiger partial charge >= 0.3 is 0 Å². The molecule has 0 amide bonds. The second-order valence-electron chi connectivity index (χ2n) is 6.27. The fraction of sp³-hybridized carbons (Fsp3) is 0.647. The van der Waals surface area contributed by atoms with Crippen LogP contribution in [0.25, 0.3) is 0 Å². The van der Waals surface area contributed by atoms with Gasteiger partial charge in [0, 0.05) is 6.04 Å². The zero-order chi connectivity index (χ0) is 13.1. The molecule has 1 aliphatic heterocycles. The smallest absolute Gasteiger partial charge is 0.0297 e. The lowest BCUT2D eigenvalue weighted by Gasteiger charge is -2.26. The van der Waals surface area contributed by atoms with E-state index in [1.807, 2.05) is 0 Å². The first-order valence-electron chi connectivity index (χ1n) is 7.91. The van der Waals surface area contributed by atoms with Crippen LogP contribution in [0.5, 0.6) is 0 Å². The summed E-state index contributed by atoms with van der Waals surface area (Å²) in [6.45, 7) is 2.34. The van der Waals surface area contributed by atoms with Crippen molar-refractivity contribution in [1.82, 2.24) is 5.32 Å². The van der Waals surface area contributed by atoms with Gasteiger partial charge in [-0.25, -0.2) is 0 Å². The quantitative estimate of drug-likeness (QED) is 0.875. The van der Waals surface area contributed by atoms with Crippen LogP contribution in [-0.4, -0.2) is 13.1 Å². The molecule has 1 fully saturated rings.